The molecule has 1 aliphatic carbocycles. The van der Waals surface area contributed by atoms with Crippen LogP contribution in [-0.4, -0.2) is 29.9 Å². The number of benzene rings is 2. The van der Waals surface area contributed by atoms with E-state index in [1.165, 1.54) is 22.8 Å². The van der Waals surface area contributed by atoms with Gasteiger partial charge in [0.25, 0.3) is 0 Å². The van der Waals surface area contributed by atoms with E-state index < -0.39 is 0 Å². The Kier molecular flexibility index (Phi) is 4.76. The highest BCUT2D eigenvalue weighted by atomic mass is 16.2. The van der Waals surface area contributed by atoms with Crippen molar-refractivity contribution in [3.63, 3.8) is 0 Å². The van der Waals surface area contributed by atoms with Gasteiger partial charge in [-0.2, -0.15) is 0 Å². The molecule has 3 nitrogen and oxygen atoms in total. The SMILES string of the molecule is CC(c1ccc2ccccc2c1)N(C(=O)CCC1CCNC1)C1CC1. The summed E-state index contributed by atoms with van der Waals surface area (Å²) < 4.78 is 0. The summed E-state index contributed by atoms with van der Waals surface area (Å²) in [6.45, 7) is 4.38. The fourth-order valence-corrected chi connectivity index (χ4v) is 4.13. The first-order valence-electron chi connectivity index (χ1n) is 9.73. The molecule has 2 aromatic carbocycles. The maximum absolute atomic E-state index is 13.0. The van der Waals surface area contributed by atoms with Crippen LogP contribution < -0.4 is 5.32 Å². The van der Waals surface area contributed by atoms with Crippen LogP contribution in [0.1, 0.15) is 50.6 Å². The first-order valence-corrected chi connectivity index (χ1v) is 9.73. The molecule has 1 saturated carbocycles. The van der Waals surface area contributed by atoms with Crippen LogP contribution in [0.15, 0.2) is 42.5 Å². The van der Waals surface area contributed by atoms with E-state index in [1.54, 1.807) is 0 Å². The van der Waals surface area contributed by atoms with E-state index in [0.29, 0.717) is 24.3 Å². The summed E-state index contributed by atoms with van der Waals surface area (Å²) in [6.07, 6.45) is 5.26. The summed E-state index contributed by atoms with van der Waals surface area (Å²) in [7, 11) is 0. The van der Waals surface area contributed by atoms with Crippen molar-refractivity contribution in [3.8, 4) is 0 Å². The van der Waals surface area contributed by atoms with Crippen molar-refractivity contribution >= 4 is 16.7 Å². The van der Waals surface area contributed by atoms with Crippen LogP contribution >= 0.6 is 0 Å². The van der Waals surface area contributed by atoms with E-state index in [9.17, 15) is 4.79 Å². The molecule has 0 radical (unpaired) electrons. The standard InChI is InChI=1S/C22H28N2O/c1-16(19-8-7-18-4-2-3-5-20(18)14-19)24(21-9-10-21)22(25)11-6-17-12-13-23-15-17/h2-5,7-8,14,16-17,21,23H,6,9-13,15H2,1H3. The van der Waals surface area contributed by atoms with Crippen LogP contribution in [0.2, 0.25) is 0 Å². The van der Waals surface area contributed by atoms with E-state index in [0.717, 1.165) is 32.4 Å². The zero-order valence-electron chi connectivity index (χ0n) is 15.1. The summed E-state index contributed by atoms with van der Waals surface area (Å²) >= 11 is 0. The Hall–Kier alpha value is -1.87. The van der Waals surface area contributed by atoms with Crippen molar-refractivity contribution in [1.29, 1.82) is 0 Å². The lowest BCUT2D eigenvalue weighted by molar-refractivity contribution is -0.134. The maximum Gasteiger partial charge on any atom is 0.223 e. The number of hydrogen-bond donors (Lipinski definition) is 1. The molecule has 0 aromatic heterocycles. The molecule has 4 rings (SSSR count). The molecule has 2 atom stereocenters. The van der Waals surface area contributed by atoms with Gasteiger partial charge in [-0.15, -0.1) is 0 Å². The van der Waals surface area contributed by atoms with Gasteiger partial charge in [-0.3, -0.25) is 4.79 Å². The minimum atomic E-state index is 0.159. The summed E-state index contributed by atoms with van der Waals surface area (Å²) in [5.74, 6) is 1.02. The number of rotatable bonds is 6. The molecular weight excluding hydrogens is 308 g/mol. The monoisotopic (exact) mass is 336 g/mol. The Balaban J connectivity index is 1.49. The second-order valence-corrected chi connectivity index (χ2v) is 7.71. The van der Waals surface area contributed by atoms with Crippen LogP contribution in [0.25, 0.3) is 10.8 Å². The third-order valence-corrected chi connectivity index (χ3v) is 5.83. The molecule has 0 bridgehead atoms. The number of amides is 1. The predicted molar refractivity (Wildman–Crippen MR) is 102 cm³/mol. The molecule has 25 heavy (non-hydrogen) atoms. The fourth-order valence-electron chi connectivity index (χ4n) is 4.13. The fraction of sp³-hybridized carbons (Fsp3) is 0.500. The highest BCUT2D eigenvalue weighted by Gasteiger charge is 2.36. The van der Waals surface area contributed by atoms with Crippen molar-refractivity contribution in [2.24, 2.45) is 5.92 Å². The lowest BCUT2D eigenvalue weighted by Crippen LogP contribution is -2.35. The molecule has 1 saturated heterocycles. The molecule has 1 N–H and O–H groups in total. The minimum Gasteiger partial charge on any atom is -0.333 e. The van der Waals surface area contributed by atoms with Gasteiger partial charge in [0, 0.05) is 12.5 Å². The van der Waals surface area contributed by atoms with Crippen LogP contribution in [0, 0.1) is 5.92 Å². The average Bonchev–Trinajstić information content (AvgIpc) is 3.33. The van der Waals surface area contributed by atoms with E-state index in [4.69, 9.17) is 0 Å². The van der Waals surface area contributed by atoms with Crippen molar-refractivity contribution < 1.29 is 4.79 Å². The average molecular weight is 336 g/mol. The summed E-state index contributed by atoms with van der Waals surface area (Å²) in [5, 5.41) is 5.92. The molecule has 3 heteroatoms. The zero-order valence-corrected chi connectivity index (χ0v) is 15.1. The number of nitrogens with one attached hydrogen (secondary N) is 1. The molecule has 2 aromatic rings. The van der Waals surface area contributed by atoms with Crippen molar-refractivity contribution in [1.82, 2.24) is 10.2 Å². The Morgan fingerprint density at radius 2 is 1.96 bits per heavy atom. The lowest BCUT2D eigenvalue weighted by atomic mass is 9.99. The molecule has 1 amide bonds. The van der Waals surface area contributed by atoms with Crippen molar-refractivity contribution in [3.05, 3.63) is 48.0 Å². The molecule has 1 aliphatic heterocycles. The van der Waals surface area contributed by atoms with Gasteiger partial charge in [0.05, 0.1) is 6.04 Å². The summed E-state index contributed by atoms with van der Waals surface area (Å²) in [4.78, 5) is 15.1. The first kappa shape index (κ1) is 16.6. The molecule has 2 unspecified atom stereocenters. The highest BCUT2D eigenvalue weighted by molar-refractivity contribution is 5.83. The highest BCUT2D eigenvalue weighted by Crippen LogP contribution is 2.36. The molecule has 1 heterocycles. The smallest absolute Gasteiger partial charge is 0.223 e. The number of hydrogen-bond acceptors (Lipinski definition) is 2. The van der Waals surface area contributed by atoms with Crippen LogP contribution in [-0.2, 0) is 4.79 Å². The largest absolute Gasteiger partial charge is 0.333 e. The quantitative estimate of drug-likeness (QED) is 0.854. The van der Waals surface area contributed by atoms with E-state index >= 15 is 0 Å². The van der Waals surface area contributed by atoms with Gasteiger partial charge in [0.2, 0.25) is 5.91 Å². The van der Waals surface area contributed by atoms with E-state index in [2.05, 4.69) is 59.6 Å². The van der Waals surface area contributed by atoms with Crippen LogP contribution in [0.5, 0.6) is 0 Å². The number of fused-ring (bicyclic) bond motifs is 1. The summed E-state index contributed by atoms with van der Waals surface area (Å²) in [5.41, 5.74) is 1.25. The zero-order chi connectivity index (χ0) is 17.2. The van der Waals surface area contributed by atoms with Crippen LogP contribution in [0.3, 0.4) is 0 Å². The maximum atomic E-state index is 13.0. The van der Waals surface area contributed by atoms with Gasteiger partial charge < -0.3 is 10.2 Å². The topological polar surface area (TPSA) is 32.3 Å². The first-order chi connectivity index (χ1) is 12.2. The molecule has 132 valence electrons. The number of carbonyl (C=O) groups is 1. The predicted octanol–water partition coefficient (Wildman–Crippen LogP) is 4.28. The van der Waals surface area contributed by atoms with Gasteiger partial charge in [0.1, 0.15) is 0 Å². The molecule has 2 fully saturated rings. The van der Waals surface area contributed by atoms with E-state index in [-0.39, 0.29) is 6.04 Å². The van der Waals surface area contributed by atoms with Gasteiger partial charge in [-0.1, -0.05) is 36.4 Å². The Labute approximate surface area is 150 Å². The molecule has 0 spiro atoms. The van der Waals surface area contributed by atoms with Crippen molar-refractivity contribution in [2.45, 2.75) is 51.1 Å². The van der Waals surface area contributed by atoms with Gasteiger partial charge >= 0.3 is 0 Å². The van der Waals surface area contributed by atoms with Gasteiger partial charge in [-0.05, 0) is 74.0 Å². The number of carbonyl (C=O) groups excluding carboxylic acids is 1. The van der Waals surface area contributed by atoms with E-state index in [1.807, 2.05) is 0 Å². The minimum absolute atomic E-state index is 0.159. The normalized spacial score (nSPS) is 21.4. The second kappa shape index (κ2) is 7.17. The third kappa shape index (κ3) is 3.72. The lowest BCUT2D eigenvalue weighted by Gasteiger charge is -2.30. The van der Waals surface area contributed by atoms with Crippen molar-refractivity contribution in [2.75, 3.05) is 13.1 Å². The second-order valence-electron chi connectivity index (χ2n) is 7.71. The Morgan fingerprint density at radius 3 is 2.68 bits per heavy atom. The molecule has 2 aliphatic rings. The molecular formula is C22H28N2O. The van der Waals surface area contributed by atoms with Crippen LogP contribution in [0.4, 0.5) is 0 Å². The Morgan fingerprint density at radius 1 is 1.16 bits per heavy atom. The third-order valence-electron chi connectivity index (χ3n) is 5.83. The van der Waals surface area contributed by atoms with Gasteiger partial charge in [-0.25, -0.2) is 0 Å². The number of nitrogens with zero attached hydrogens (tertiary/aromatic N) is 1. The van der Waals surface area contributed by atoms with Gasteiger partial charge in [0.15, 0.2) is 0 Å². The summed E-state index contributed by atoms with van der Waals surface area (Å²) in [6, 6.07) is 15.7. The Bertz CT molecular complexity index is 747.